The van der Waals surface area contributed by atoms with Crippen molar-refractivity contribution in [3.05, 3.63) is 0 Å². The van der Waals surface area contributed by atoms with Crippen molar-refractivity contribution in [3.63, 3.8) is 0 Å². The van der Waals surface area contributed by atoms with Crippen molar-refractivity contribution in [2.45, 2.75) is 52.0 Å². The van der Waals surface area contributed by atoms with Gasteiger partial charge in [0.25, 0.3) is 0 Å². The second-order valence-corrected chi connectivity index (χ2v) is 6.02. The van der Waals surface area contributed by atoms with Crippen LogP contribution in [0.1, 0.15) is 46.0 Å². The fourth-order valence-electron chi connectivity index (χ4n) is 3.28. The van der Waals surface area contributed by atoms with E-state index in [2.05, 4.69) is 24.1 Å². The van der Waals surface area contributed by atoms with Gasteiger partial charge in [-0.1, -0.05) is 26.7 Å². The second-order valence-electron chi connectivity index (χ2n) is 6.02. The first kappa shape index (κ1) is 14.8. The quantitative estimate of drug-likeness (QED) is 0.845. The van der Waals surface area contributed by atoms with Crippen LogP contribution in [0.2, 0.25) is 0 Å². The number of morpholine rings is 1. The van der Waals surface area contributed by atoms with Crippen molar-refractivity contribution >= 4 is 5.91 Å². The molecule has 0 aliphatic carbocycles. The first-order valence-corrected chi connectivity index (χ1v) is 7.78. The predicted octanol–water partition coefficient (Wildman–Crippen LogP) is 1.79. The van der Waals surface area contributed by atoms with Gasteiger partial charge in [-0.25, -0.2) is 0 Å². The van der Waals surface area contributed by atoms with Crippen LogP contribution in [0.25, 0.3) is 0 Å². The molecule has 110 valence electrons. The van der Waals surface area contributed by atoms with Gasteiger partial charge in [-0.2, -0.15) is 0 Å². The summed E-state index contributed by atoms with van der Waals surface area (Å²) in [5.74, 6) is 0.295. The lowest BCUT2D eigenvalue weighted by Crippen LogP contribution is -2.48. The number of carbonyl (C=O) groups is 1. The van der Waals surface area contributed by atoms with E-state index in [1.165, 1.54) is 25.7 Å². The number of rotatable bonds is 4. The van der Waals surface area contributed by atoms with Crippen LogP contribution < -0.4 is 5.32 Å². The molecule has 2 saturated heterocycles. The standard InChI is InChI=1S/C15H28N2O2/c1-3-15(4-2)5-8-17(9-6-15)14(18)11-13-12-19-10-7-16-13/h13,16H,3-12H2,1-2H3. The van der Waals surface area contributed by atoms with E-state index in [1.54, 1.807) is 0 Å². The summed E-state index contributed by atoms with van der Waals surface area (Å²) in [5.41, 5.74) is 0.489. The number of hydrogen-bond donors (Lipinski definition) is 1. The Morgan fingerprint density at radius 2 is 2.00 bits per heavy atom. The second kappa shape index (κ2) is 6.71. The van der Waals surface area contributed by atoms with Crippen molar-refractivity contribution in [1.82, 2.24) is 10.2 Å². The maximum Gasteiger partial charge on any atom is 0.224 e. The molecule has 2 fully saturated rings. The van der Waals surface area contributed by atoms with Crippen molar-refractivity contribution in [1.29, 1.82) is 0 Å². The summed E-state index contributed by atoms with van der Waals surface area (Å²) in [7, 11) is 0. The molecule has 2 aliphatic heterocycles. The van der Waals surface area contributed by atoms with Gasteiger partial charge in [-0.15, -0.1) is 0 Å². The number of nitrogens with one attached hydrogen (secondary N) is 1. The summed E-state index contributed by atoms with van der Waals surface area (Å²) < 4.78 is 5.40. The maximum absolute atomic E-state index is 12.3. The topological polar surface area (TPSA) is 41.6 Å². The Morgan fingerprint density at radius 1 is 1.32 bits per heavy atom. The summed E-state index contributed by atoms with van der Waals surface area (Å²) in [6, 6.07) is 0.213. The minimum atomic E-state index is 0.213. The van der Waals surface area contributed by atoms with Crippen molar-refractivity contribution in [2.24, 2.45) is 5.41 Å². The number of ether oxygens (including phenoxy) is 1. The molecule has 4 nitrogen and oxygen atoms in total. The smallest absolute Gasteiger partial charge is 0.224 e. The van der Waals surface area contributed by atoms with Gasteiger partial charge in [0.05, 0.1) is 13.2 Å². The molecule has 0 aromatic carbocycles. The lowest BCUT2D eigenvalue weighted by molar-refractivity contribution is -0.134. The molecule has 0 saturated carbocycles. The van der Waals surface area contributed by atoms with Crippen LogP contribution in [-0.4, -0.2) is 49.7 Å². The van der Waals surface area contributed by atoms with Gasteiger partial charge >= 0.3 is 0 Å². The summed E-state index contributed by atoms with van der Waals surface area (Å²) in [6.07, 6.45) is 5.40. The largest absolute Gasteiger partial charge is 0.378 e. The highest BCUT2D eigenvalue weighted by atomic mass is 16.5. The minimum Gasteiger partial charge on any atom is -0.378 e. The van der Waals surface area contributed by atoms with Crippen LogP contribution in [-0.2, 0) is 9.53 Å². The molecule has 0 spiro atoms. The molecular formula is C15H28N2O2. The average Bonchev–Trinajstić information content (AvgIpc) is 2.48. The zero-order valence-corrected chi connectivity index (χ0v) is 12.4. The highest BCUT2D eigenvalue weighted by molar-refractivity contribution is 5.77. The number of nitrogens with zero attached hydrogens (tertiary/aromatic N) is 1. The molecule has 0 radical (unpaired) electrons. The van der Waals surface area contributed by atoms with E-state index in [0.29, 0.717) is 24.3 Å². The number of amides is 1. The Morgan fingerprint density at radius 3 is 2.53 bits per heavy atom. The molecule has 0 aromatic rings. The number of hydrogen-bond acceptors (Lipinski definition) is 3. The van der Waals surface area contributed by atoms with E-state index in [9.17, 15) is 4.79 Å². The fourth-order valence-corrected chi connectivity index (χ4v) is 3.28. The first-order chi connectivity index (χ1) is 9.19. The predicted molar refractivity (Wildman–Crippen MR) is 76.1 cm³/mol. The van der Waals surface area contributed by atoms with Crippen LogP contribution in [0.4, 0.5) is 0 Å². The summed E-state index contributed by atoms with van der Waals surface area (Å²) in [6.45, 7) is 8.75. The first-order valence-electron chi connectivity index (χ1n) is 7.78. The van der Waals surface area contributed by atoms with Crippen molar-refractivity contribution < 1.29 is 9.53 Å². The normalized spacial score (nSPS) is 27.3. The van der Waals surface area contributed by atoms with Gasteiger partial charge in [0.15, 0.2) is 0 Å². The van der Waals surface area contributed by atoms with Gasteiger partial charge in [-0.3, -0.25) is 4.79 Å². The lowest BCUT2D eigenvalue weighted by Gasteiger charge is -2.41. The number of likely N-dealkylation sites (tertiary alicyclic amines) is 1. The molecule has 1 N–H and O–H groups in total. The van der Waals surface area contributed by atoms with E-state index >= 15 is 0 Å². The molecule has 19 heavy (non-hydrogen) atoms. The third kappa shape index (κ3) is 3.69. The highest BCUT2D eigenvalue weighted by Gasteiger charge is 2.33. The fraction of sp³-hybridized carbons (Fsp3) is 0.933. The summed E-state index contributed by atoms with van der Waals surface area (Å²) >= 11 is 0. The van der Waals surface area contributed by atoms with Gasteiger partial charge in [0.2, 0.25) is 5.91 Å². The summed E-state index contributed by atoms with van der Waals surface area (Å²) in [4.78, 5) is 14.3. The Balaban J connectivity index is 1.78. The zero-order valence-electron chi connectivity index (χ0n) is 12.4. The average molecular weight is 268 g/mol. The van der Waals surface area contributed by atoms with Gasteiger partial charge < -0.3 is 15.0 Å². The number of piperidine rings is 1. The van der Waals surface area contributed by atoms with E-state index in [1.807, 2.05) is 0 Å². The van der Waals surface area contributed by atoms with Crippen molar-refractivity contribution in [3.8, 4) is 0 Å². The Hall–Kier alpha value is -0.610. The maximum atomic E-state index is 12.3. The lowest BCUT2D eigenvalue weighted by atomic mass is 9.74. The third-order valence-corrected chi connectivity index (χ3v) is 5.10. The Labute approximate surface area is 116 Å². The SMILES string of the molecule is CCC1(CC)CCN(C(=O)CC2COCCN2)CC1. The number of carbonyl (C=O) groups excluding carboxylic acids is 1. The molecule has 2 aliphatic rings. The van der Waals surface area contributed by atoms with Gasteiger partial charge in [-0.05, 0) is 18.3 Å². The van der Waals surface area contributed by atoms with E-state index in [0.717, 1.165) is 26.2 Å². The van der Waals surface area contributed by atoms with Crippen LogP contribution in [0.15, 0.2) is 0 Å². The molecule has 0 bridgehead atoms. The molecule has 4 heteroatoms. The van der Waals surface area contributed by atoms with Crippen molar-refractivity contribution in [2.75, 3.05) is 32.8 Å². The van der Waals surface area contributed by atoms with E-state index < -0.39 is 0 Å². The van der Waals surface area contributed by atoms with Crippen LogP contribution >= 0.6 is 0 Å². The Kier molecular flexibility index (Phi) is 5.22. The van der Waals surface area contributed by atoms with Crippen LogP contribution in [0.5, 0.6) is 0 Å². The molecule has 1 unspecified atom stereocenters. The van der Waals surface area contributed by atoms with E-state index in [4.69, 9.17) is 4.74 Å². The van der Waals surface area contributed by atoms with Crippen LogP contribution in [0.3, 0.4) is 0 Å². The molecule has 1 atom stereocenters. The molecule has 2 rings (SSSR count). The van der Waals surface area contributed by atoms with Gasteiger partial charge in [0, 0.05) is 32.1 Å². The van der Waals surface area contributed by atoms with E-state index in [-0.39, 0.29) is 6.04 Å². The monoisotopic (exact) mass is 268 g/mol. The molecule has 0 aromatic heterocycles. The zero-order chi connectivity index (χ0) is 13.7. The molecular weight excluding hydrogens is 240 g/mol. The minimum absolute atomic E-state index is 0.213. The molecule has 2 heterocycles. The Bertz CT molecular complexity index is 287. The molecule has 1 amide bonds. The van der Waals surface area contributed by atoms with Gasteiger partial charge in [0.1, 0.15) is 0 Å². The third-order valence-electron chi connectivity index (χ3n) is 5.10. The van der Waals surface area contributed by atoms with Crippen LogP contribution in [0, 0.1) is 5.41 Å². The highest BCUT2D eigenvalue weighted by Crippen LogP contribution is 2.37. The summed E-state index contributed by atoms with van der Waals surface area (Å²) in [5, 5.41) is 3.36.